The van der Waals surface area contributed by atoms with Gasteiger partial charge in [0.05, 0.1) is 4.92 Å². The molecule has 1 rings (SSSR count). The van der Waals surface area contributed by atoms with Crippen LogP contribution < -0.4 is 0 Å². The van der Waals surface area contributed by atoms with Crippen molar-refractivity contribution >= 4 is 5.69 Å². The lowest BCUT2D eigenvalue weighted by Crippen LogP contribution is -2.13. The van der Waals surface area contributed by atoms with Gasteiger partial charge in [-0.2, -0.15) is 0 Å². The van der Waals surface area contributed by atoms with Crippen molar-refractivity contribution in [2.45, 2.75) is 12.8 Å². The van der Waals surface area contributed by atoms with E-state index in [2.05, 4.69) is 4.90 Å². The Morgan fingerprint density at radius 2 is 2.12 bits per heavy atom. The van der Waals surface area contributed by atoms with Gasteiger partial charge in [-0.05, 0) is 45.1 Å². The van der Waals surface area contributed by atoms with Gasteiger partial charge in [0.1, 0.15) is 0 Å². The normalized spacial score (nSPS) is 10.7. The fraction of sp³-hybridized carbons (Fsp3) is 0.455. The predicted octanol–water partition coefficient (Wildman–Crippen LogP) is 1.79. The van der Waals surface area contributed by atoms with Crippen LogP contribution in [-0.2, 0) is 6.42 Å². The van der Waals surface area contributed by atoms with Gasteiger partial charge in [-0.1, -0.05) is 6.07 Å². The fourth-order valence-electron chi connectivity index (χ4n) is 1.48. The molecule has 0 heterocycles. The highest BCUT2D eigenvalue weighted by atomic mass is 16.6. The summed E-state index contributed by atoms with van der Waals surface area (Å²) in [6, 6.07) is 4.50. The number of rotatable bonds is 5. The Bertz CT molecular complexity index is 377. The molecule has 0 bridgehead atoms. The lowest BCUT2D eigenvalue weighted by atomic mass is 10.1. The van der Waals surface area contributed by atoms with Crippen LogP contribution in [0.1, 0.15) is 12.0 Å². The third-order valence-electron chi connectivity index (χ3n) is 2.31. The van der Waals surface area contributed by atoms with E-state index in [1.807, 2.05) is 14.1 Å². The van der Waals surface area contributed by atoms with E-state index in [9.17, 15) is 15.2 Å². The van der Waals surface area contributed by atoms with Crippen molar-refractivity contribution < 1.29 is 10.0 Å². The average molecular weight is 224 g/mol. The Kier molecular flexibility index (Phi) is 4.25. The van der Waals surface area contributed by atoms with Crippen LogP contribution in [0.15, 0.2) is 18.2 Å². The van der Waals surface area contributed by atoms with Gasteiger partial charge in [-0.3, -0.25) is 10.1 Å². The van der Waals surface area contributed by atoms with Crippen LogP contribution in [0.2, 0.25) is 0 Å². The highest BCUT2D eigenvalue weighted by Gasteiger charge is 2.12. The number of benzene rings is 1. The average Bonchev–Trinajstić information content (AvgIpc) is 2.16. The van der Waals surface area contributed by atoms with Crippen LogP contribution in [-0.4, -0.2) is 35.6 Å². The molecule has 1 N–H and O–H groups in total. The minimum atomic E-state index is -0.584. The third kappa shape index (κ3) is 3.51. The molecular formula is C11H16N2O3. The number of nitrogens with zero attached hydrogens (tertiary/aromatic N) is 2. The van der Waals surface area contributed by atoms with E-state index >= 15 is 0 Å². The summed E-state index contributed by atoms with van der Waals surface area (Å²) in [5, 5.41) is 19.9. The second-order valence-electron chi connectivity index (χ2n) is 3.99. The quantitative estimate of drug-likeness (QED) is 0.611. The van der Waals surface area contributed by atoms with Crippen LogP contribution in [0.4, 0.5) is 5.69 Å². The molecular weight excluding hydrogens is 208 g/mol. The molecule has 0 aromatic heterocycles. The van der Waals surface area contributed by atoms with E-state index in [0.29, 0.717) is 0 Å². The van der Waals surface area contributed by atoms with Crippen molar-refractivity contribution in [2.24, 2.45) is 0 Å². The summed E-state index contributed by atoms with van der Waals surface area (Å²) < 4.78 is 0. The summed E-state index contributed by atoms with van der Waals surface area (Å²) in [7, 11) is 3.99. The SMILES string of the molecule is CN(C)CCCc1ccc([N+](=O)[O-])c(O)c1. The maximum absolute atomic E-state index is 10.5. The van der Waals surface area contributed by atoms with Gasteiger partial charge >= 0.3 is 5.69 Å². The summed E-state index contributed by atoms with van der Waals surface area (Å²) in [5.41, 5.74) is 0.682. The Morgan fingerprint density at radius 3 is 2.62 bits per heavy atom. The molecule has 1 aromatic carbocycles. The molecule has 0 saturated carbocycles. The van der Waals surface area contributed by atoms with E-state index in [1.54, 1.807) is 6.07 Å². The van der Waals surface area contributed by atoms with E-state index in [-0.39, 0.29) is 11.4 Å². The van der Waals surface area contributed by atoms with E-state index in [4.69, 9.17) is 0 Å². The van der Waals surface area contributed by atoms with Crippen LogP contribution in [0.5, 0.6) is 5.75 Å². The zero-order valence-electron chi connectivity index (χ0n) is 9.51. The number of phenolic OH excluding ortho intramolecular Hbond substituents is 1. The third-order valence-corrected chi connectivity index (χ3v) is 2.31. The molecule has 1 aromatic rings. The minimum absolute atomic E-state index is 0.239. The zero-order chi connectivity index (χ0) is 12.1. The summed E-state index contributed by atoms with van der Waals surface area (Å²) >= 11 is 0. The molecule has 16 heavy (non-hydrogen) atoms. The van der Waals surface area contributed by atoms with Crippen LogP contribution >= 0.6 is 0 Å². The molecule has 0 saturated heterocycles. The van der Waals surface area contributed by atoms with E-state index in [1.165, 1.54) is 12.1 Å². The summed E-state index contributed by atoms with van der Waals surface area (Å²) in [6.45, 7) is 0.956. The highest BCUT2D eigenvalue weighted by molar-refractivity contribution is 5.47. The van der Waals surface area contributed by atoms with Gasteiger partial charge in [0.25, 0.3) is 0 Å². The lowest BCUT2D eigenvalue weighted by Gasteiger charge is -2.08. The first-order valence-corrected chi connectivity index (χ1v) is 5.11. The van der Waals surface area contributed by atoms with Crippen molar-refractivity contribution in [1.29, 1.82) is 0 Å². The summed E-state index contributed by atoms with van der Waals surface area (Å²) in [6.07, 6.45) is 1.77. The first-order valence-electron chi connectivity index (χ1n) is 5.11. The lowest BCUT2D eigenvalue weighted by molar-refractivity contribution is -0.385. The van der Waals surface area contributed by atoms with Crippen molar-refractivity contribution in [2.75, 3.05) is 20.6 Å². The molecule has 0 aliphatic carbocycles. The molecule has 88 valence electrons. The predicted molar refractivity (Wildman–Crippen MR) is 61.6 cm³/mol. The molecule has 0 radical (unpaired) electrons. The Morgan fingerprint density at radius 1 is 1.44 bits per heavy atom. The molecule has 0 unspecified atom stereocenters. The number of hydrogen-bond acceptors (Lipinski definition) is 4. The molecule has 0 fully saturated rings. The van der Waals surface area contributed by atoms with Crippen molar-refractivity contribution in [3.8, 4) is 5.75 Å². The molecule has 0 spiro atoms. The largest absolute Gasteiger partial charge is 0.502 e. The number of aryl methyl sites for hydroxylation is 1. The summed E-state index contributed by atoms with van der Waals surface area (Å²) in [5.74, 6) is -0.257. The van der Waals surface area contributed by atoms with Gasteiger partial charge in [0.15, 0.2) is 5.75 Å². The molecule has 0 aliphatic heterocycles. The number of hydrogen-bond donors (Lipinski definition) is 1. The fourth-order valence-corrected chi connectivity index (χ4v) is 1.48. The molecule has 0 amide bonds. The smallest absolute Gasteiger partial charge is 0.310 e. The first-order chi connectivity index (χ1) is 7.50. The van der Waals surface area contributed by atoms with Gasteiger partial charge < -0.3 is 10.0 Å². The maximum Gasteiger partial charge on any atom is 0.310 e. The Labute approximate surface area is 94.5 Å². The van der Waals surface area contributed by atoms with Crippen LogP contribution in [0.25, 0.3) is 0 Å². The standard InChI is InChI=1S/C11H16N2O3/c1-12(2)7-3-4-9-5-6-10(13(15)16)11(14)8-9/h5-6,8,14H,3-4,7H2,1-2H3. The number of nitro benzene ring substituents is 1. The number of phenols is 1. The van der Waals surface area contributed by atoms with Crippen LogP contribution in [0, 0.1) is 10.1 Å². The zero-order valence-corrected chi connectivity index (χ0v) is 9.51. The maximum atomic E-state index is 10.5. The molecule has 0 atom stereocenters. The van der Waals surface area contributed by atoms with Gasteiger partial charge in [-0.25, -0.2) is 0 Å². The van der Waals surface area contributed by atoms with Gasteiger partial charge in [-0.15, -0.1) is 0 Å². The highest BCUT2D eigenvalue weighted by Crippen LogP contribution is 2.26. The topological polar surface area (TPSA) is 66.6 Å². The second kappa shape index (κ2) is 5.46. The van der Waals surface area contributed by atoms with Crippen molar-refractivity contribution in [3.05, 3.63) is 33.9 Å². The minimum Gasteiger partial charge on any atom is -0.502 e. The molecule has 5 heteroatoms. The van der Waals surface area contributed by atoms with Crippen LogP contribution in [0.3, 0.4) is 0 Å². The van der Waals surface area contributed by atoms with Crippen molar-refractivity contribution in [3.63, 3.8) is 0 Å². The van der Waals surface area contributed by atoms with E-state index in [0.717, 1.165) is 24.9 Å². The first kappa shape index (κ1) is 12.4. The number of nitro groups is 1. The van der Waals surface area contributed by atoms with E-state index < -0.39 is 4.92 Å². The monoisotopic (exact) mass is 224 g/mol. The molecule has 0 aliphatic rings. The van der Waals surface area contributed by atoms with Gasteiger partial charge in [0, 0.05) is 6.07 Å². The van der Waals surface area contributed by atoms with Gasteiger partial charge in [0.2, 0.25) is 0 Å². The molecule has 5 nitrogen and oxygen atoms in total. The van der Waals surface area contributed by atoms with Crippen molar-refractivity contribution in [1.82, 2.24) is 4.90 Å². The Balaban J connectivity index is 2.63. The summed E-state index contributed by atoms with van der Waals surface area (Å²) in [4.78, 5) is 12.0. The second-order valence-corrected chi connectivity index (χ2v) is 3.99. The number of aromatic hydroxyl groups is 1. The Hall–Kier alpha value is -1.62.